The Morgan fingerprint density at radius 2 is 1.74 bits per heavy atom. The first kappa shape index (κ1) is 30.0. The first-order chi connectivity index (χ1) is 20.6. The van der Waals surface area contributed by atoms with Crippen molar-refractivity contribution in [2.45, 2.75) is 45.1 Å². The minimum Gasteiger partial charge on any atom is -0.478 e. The fraction of sp³-hybridized carbons (Fsp3) is 0.452. The van der Waals surface area contributed by atoms with Crippen LogP contribution in [0.15, 0.2) is 42.5 Å². The molecule has 3 aliphatic rings. The molecule has 3 amide bonds. The molecule has 2 aliphatic heterocycles. The third kappa shape index (κ3) is 5.79. The topological polar surface area (TPSA) is 186 Å². The van der Waals surface area contributed by atoms with Crippen molar-refractivity contribution in [2.24, 2.45) is 22.8 Å². The van der Waals surface area contributed by atoms with Gasteiger partial charge in [0.15, 0.2) is 5.96 Å². The zero-order valence-corrected chi connectivity index (χ0v) is 24.3. The molecule has 0 radical (unpaired) electrons. The molecule has 7 N–H and O–H groups in total. The zero-order chi connectivity index (χ0) is 30.9. The number of rotatable bonds is 7. The van der Waals surface area contributed by atoms with Crippen LogP contribution < -0.4 is 21.7 Å². The number of guanidine groups is 1. The van der Waals surface area contributed by atoms with E-state index in [4.69, 9.17) is 16.9 Å². The van der Waals surface area contributed by atoms with Gasteiger partial charge in [0.25, 0.3) is 5.91 Å². The molecule has 1 aliphatic carbocycles. The van der Waals surface area contributed by atoms with Crippen molar-refractivity contribution in [3.05, 3.63) is 59.2 Å². The predicted octanol–water partition coefficient (Wildman–Crippen LogP) is 2.15. The summed E-state index contributed by atoms with van der Waals surface area (Å²) in [6.45, 7) is 3.85. The first-order valence-electron chi connectivity index (χ1n) is 14.7. The maximum absolute atomic E-state index is 14.0. The lowest BCUT2D eigenvalue weighted by molar-refractivity contribution is -0.151. The monoisotopic (exact) mass is 589 g/mol. The highest BCUT2D eigenvalue weighted by Crippen LogP contribution is 2.53. The number of nitrogens with two attached hydrogens (primary N) is 2. The number of nitrogens with zero attached hydrogens (tertiary/aromatic N) is 3. The Kier molecular flexibility index (Phi) is 8.41. The summed E-state index contributed by atoms with van der Waals surface area (Å²) in [6.07, 6.45) is 3.71. The minimum absolute atomic E-state index is 0.0565. The van der Waals surface area contributed by atoms with Gasteiger partial charge in [0.2, 0.25) is 11.8 Å². The average molecular weight is 590 g/mol. The quantitative estimate of drug-likeness (QED) is 0.240. The van der Waals surface area contributed by atoms with Gasteiger partial charge in [-0.1, -0.05) is 12.1 Å². The molecule has 0 aromatic heterocycles. The highest BCUT2D eigenvalue weighted by Gasteiger charge is 2.51. The maximum Gasteiger partial charge on any atom is 0.335 e. The number of aromatic carboxylic acids is 1. The number of hydrogen-bond acceptors (Lipinski definition) is 6. The van der Waals surface area contributed by atoms with Gasteiger partial charge in [-0.25, -0.2) is 4.79 Å². The Hall–Kier alpha value is -4.45. The van der Waals surface area contributed by atoms with Gasteiger partial charge < -0.3 is 36.6 Å². The predicted molar refractivity (Wildman–Crippen MR) is 162 cm³/mol. The summed E-state index contributed by atoms with van der Waals surface area (Å²) >= 11 is 0. The average Bonchev–Trinajstić information content (AvgIpc) is 2.99. The molecule has 5 rings (SSSR count). The molecule has 43 heavy (non-hydrogen) atoms. The van der Waals surface area contributed by atoms with Crippen molar-refractivity contribution >= 4 is 41.0 Å². The van der Waals surface area contributed by atoms with Crippen LogP contribution in [-0.2, 0) is 20.8 Å². The van der Waals surface area contributed by atoms with E-state index in [1.165, 1.54) is 24.3 Å². The number of carboxylic acids is 1. The number of nitrogens with one attached hydrogen (secondary N) is 2. The molecule has 2 aromatic carbocycles. The molecule has 0 unspecified atom stereocenters. The molecule has 12 nitrogen and oxygen atoms in total. The summed E-state index contributed by atoms with van der Waals surface area (Å²) in [5, 5.41) is 19.8. The van der Waals surface area contributed by atoms with Crippen LogP contribution >= 0.6 is 0 Å². The lowest BCUT2D eigenvalue weighted by Crippen LogP contribution is -2.55. The first-order valence-corrected chi connectivity index (χ1v) is 14.7. The van der Waals surface area contributed by atoms with E-state index in [1.54, 1.807) is 15.9 Å². The lowest BCUT2D eigenvalue weighted by atomic mass is 9.57. The molecule has 12 heteroatoms. The molecule has 1 spiro atoms. The lowest BCUT2D eigenvalue weighted by Gasteiger charge is -2.53. The number of carbonyl (C=O) groups excluding carboxylic acids is 3. The van der Waals surface area contributed by atoms with E-state index < -0.39 is 17.9 Å². The third-order valence-electron chi connectivity index (χ3n) is 9.28. The number of carbonyl (C=O) groups is 4. The highest BCUT2D eigenvalue weighted by atomic mass is 16.4. The van der Waals surface area contributed by atoms with E-state index in [0.29, 0.717) is 49.5 Å². The molecule has 0 bridgehead atoms. The molecular formula is C31H39N7O5. The standard InChI is InChI=1S/C31H39N7O5/c1-2-37(25(39)18-32)24-5-3-4-23-22(24)10-13-38(26(23)27(40)35-21-8-6-19(7-9-21)29(42)43)28(41)20-16-31(17-20)11-14-36(15-12-31)30(33)34/h3-9,20,26H,2,10-18,32H2,1H3,(H3,33,34)(H,35,40)(H,42,43)/t26-/m1/s1. The molecule has 1 atom stereocenters. The highest BCUT2D eigenvalue weighted by molar-refractivity contribution is 6.00. The van der Waals surface area contributed by atoms with E-state index >= 15 is 0 Å². The summed E-state index contributed by atoms with van der Waals surface area (Å²) in [5.41, 5.74) is 14.1. The molecule has 228 valence electrons. The van der Waals surface area contributed by atoms with Crippen LogP contribution in [0.3, 0.4) is 0 Å². The van der Waals surface area contributed by atoms with Crippen molar-refractivity contribution in [3.63, 3.8) is 0 Å². The van der Waals surface area contributed by atoms with E-state index in [0.717, 1.165) is 31.2 Å². The molecular weight excluding hydrogens is 550 g/mol. The number of piperidine rings is 1. The van der Waals surface area contributed by atoms with Crippen molar-refractivity contribution in [1.29, 1.82) is 5.41 Å². The van der Waals surface area contributed by atoms with Gasteiger partial charge in [-0.05, 0) is 85.9 Å². The summed E-state index contributed by atoms with van der Waals surface area (Å²) < 4.78 is 0. The number of likely N-dealkylation sites (N-methyl/N-ethyl adjacent to an activating group) is 1. The van der Waals surface area contributed by atoms with Crippen molar-refractivity contribution in [2.75, 3.05) is 42.9 Å². The number of likely N-dealkylation sites (tertiary alicyclic amines) is 1. The van der Waals surface area contributed by atoms with Crippen LogP contribution in [0.4, 0.5) is 11.4 Å². The van der Waals surface area contributed by atoms with Crippen LogP contribution in [0, 0.1) is 16.7 Å². The third-order valence-corrected chi connectivity index (χ3v) is 9.28. The molecule has 1 saturated heterocycles. The van der Waals surface area contributed by atoms with Crippen LogP contribution in [0.1, 0.15) is 60.1 Å². The van der Waals surface area contributed by atoms with E-state index in [1.807, 2.05) is 24.0 Å². The molecule has 2 fully saturated rings. The van der Waals surface area contributed by atoms with E-state index in [9.17, 15) is 24.3 Å². The van der Waals surface area contributed by atoms with Crippen LogP contribution in [-0.4, -0.2) is 77.3 Å². The van der Waals surface area contributed by atoms with E-state index in [-0.39, 0.29) is 41.2 Å². The Balaban J connectivity index is 1.42. The van der Waals surface area contributed by atoms with Crippen LogP contribution in [0.5, 0.6) is 0 Å². The maximum atomic E-state index is 14.0. The van der Waals surface area contributed by atoms with Gasteiger partial charge in [0.1, 0.15) is 6.04 Å². The van der Waals surface area contributed by atoms with Gasteiger partial charge in [-0.2, -0.15) is 0 Å². The smallest absolute Gasteiger partial charge is 0.335 e. The van der Waals surface area contributed by atoms with Gasteiger partial charge >= 0.3 is 5.97 Å². The Bertz CT molecular complexity index is 1430. The summed E-state index contributed by atoms with van der Waals surface area (Å²) in [7, 11) is 0. The van der Waals surface area contributed by atoms with Crippen molar-refractivity contribution in [1.82, 2.24) is 9.80 Å². The molecule has 1 saturated carbocycles. The normalized spacial score (nSPS) is 19.3. The summed E-state index contributed by atoms with van der Waals surface area (Å²) in [6, 6.07) is 10.4. The molecule has 2 aromatic rings. The largest absolute Gasteiger partial charge is 0.478 e. The Morgan fingerprint density at radius 1 is 1.07 bits per heavy atom. The summed E-state index contributed by atoms with van der Waals surface area (Å²) in [4.78, 5) is 57.1. The van der Waals surface area contributed by atoms with Gasteiger partial charge in [0, 0.05) is 43.5 Å². The fourth-order valence-corrected chi connectivity index (χ4v) is 6.95. The second kappa shape index (κ2) is 12.0. The number of anilines is 2. The second-order valence-electron chi connectivity index (χ2n) is 11.7. The SMILES string of the molecule is CCN(C(=O)CN)c1cccc2c1CCN(C(=O)C1CC3(CCN(C(=N)N)CC3)C1)[C@H]2C(=O)Nc1ccc(C(=O)O)cc1. The van der Waals surface area contributed by atoms with Crippen LogP contribution in [0.25, 0.3) is 0 Å². The number of hydrogen-bond donors (Lipinski definition) is 5. The van der Waals surface area contributed by atoms with E-state index in [2.05, 4.69) is 5.32 Å². The minimum atomic E-state index is -1.07. The Morgan fingerprint density at radius 3 is 2.33 bits per heavy atom. The van der Waals surface area contributed by atoms with Gasteiger partial charge in [0.05, 0.1) is 12.1 Å². The Labute approximate surface area is 250 Å². The number of benzene rings is 2. The van der Waals surface area contributed by atoms with Gasteiger partial charge in [-0.3, -0.25) is 19.8 Å². The zero-order valence-electron chi connectivity index (χ0n) is 24.3. The van der Waals surface area contributed by atoms with Gasteiger partial charge in [-0.15, -0.1) is 0 Å². The van der Waals surface area contributed by atoms with Crippen molar-refractivity contribution in [3.8, 4) is 0 Å². The van der Waals surface area contributed by atoms with Crippen molar-refractivity contribution < 1.29 is 24.3 Å². The number of carboxylic acid groups (broad SMARTS) is 1. The summed E-state index contributed by atoms with van der Waals surface area (Å²) in [5.74, 6) is -1.90. The van der Waals surface area contributed by atoms with Crippen LogP contribution in [0.2, 0.25) is 0 Å². The fourth-order valence-electron chi connectivity index (χ4n) is 6.95. The second-order valence-corrected chi connectivity index (χ2v) is 11.7. The number of fused-ring (bicyclic) bond motifs is 1. The number of amides is 3. The molecule has 2 heterocycles.